The lowest BCUT2D eigenvalue weighted by Crippen LogP contribution is -2.39. The summed E-state index contributed by atoms with van der Waals surface area (Å²) in [6.07, 6.45) is -1.07. The topological polar surface area (TPSA) is 87.1 Å². The second-order valence-electron chi connectivity index (χ2n) is 3.82. The van der Waals surface area contributed by atoms with Gasteiger partial charge in [0.2, 0.25) is 0 Å². The van der Waals surface area contributed by atoms with Gasteiger partial charge < -0.3 is 9.84 Å². The maximum atomic E-state index is 10.9. The Balaban J connectivity index is 2.52. The van der Waals surface area contributed by atoms with E-state index in [0.717, 1.165) is 4.31 Å². The van der Waals surface area contributed by atoms with E-state index in [9.17, 15) is 13.5 Å². The van der Waals surface area contributed by atoms with Gasteiger partial charge in [0, 0.05) is 13.1 Å². The molecule has 0 fully saturated rings. The molecule has 0 spiro atoms. The summed E-state index contributed by atoms with van der Waals surface area (Å²) in [5.41, 5.74) is 0. The second kappa shape index (κ2) is 7.06. The van der Waals surface area contributed by atoms with Crippen molar-refractivity contribution < 1.29 is 22.8 Å². The summed E-state index contributed by atoms with van der Waals surface area (Å²) in [4.78, 5) is 0. The summed E-state index contributed by atoms with van der Waals surface area (Å²) in [6, 6.07) is 6.74. The lowest BCUT2D eigenvalue weighted by molar-refractivity contribution is 0.0882. The van der Waals surface area contributed by atoms with Crippen LogP contribution in [0.5, 0.6) is 5.75 Å². The molecule has 0 aliphatic carbocycles. The third-order valence-electron chi connectivity index (χ3n) is 2.36. The van der Waals surface area contributed by atoms with E-state index in [1.165, 1.54) is 0 Å². The molecule has 0 aromatic heterocycles. The first-order chi connectivity index (χ1) is 8.84. The van der Waals surface area contributed by atoms with E-state index in [1.54, 1.807) is 31.2 Å². The molecule has 0 aliphatic heterocycles. The van der Waals surface area contributed by atoms with E-state index in [-0.39, 0.29) is 19.7 Å². The monoisotopic (exact) mass is 309 g/mol. The Bertz CT molecular complexity index is 508. The summed E-state index contributed by atoms with van der Waals surface area (Å²) in [7, 11) is -4.31. The zero-order valence-electron chi connectivity index (χ0n) is 10.4. The Morgan fingerprint density at radius 3 is 2.58 bits per heavy atom. The number of aliphatic hydroxyl groups is 1. The van der Waals surface area contributed by atoms with Gasteiger partial charge in [0.25, 0.3) is 0 Å². The molecule has 0 radical (unpaired) electrons. The van der Waals surface area contributed by atoms with Crippen LogP contribution in [0.25, 0.3) is 0 Å². The van der Waals surface area contributed by atoms with Crippen LogP contribution in [0.2, 0.25) is 5.02 Å². The van der Waals surface area contributed by atoms with Gasteiger partial charge in [-0.1, -0.05) is 30.7 Å². The van der Waals surface area contributed by atoms with Crippen molar-refractivity contribution in [2.75, 3.05) is 19.7 Å². The van der Waals surface area contributed by atoms with Crippen molar-refractivity contribution in [2.24, 2.45) is 0 Å². The smallest absolute Gasteiger partial charge is 0.335 e. The molecule has 8 heteroatoms. The minimum Gasteiger partial charge on any atom is -0.489 e. The molecule has 0 aliphatic rings. The SMILES string of the molecule is CCN(C[C@H](O)COc1ccccc1Cl)S(=O)(=O)O. The summed E-state index contributed by atoms with van der Waals surface area (Å²) in [5.74, 6) is 0.401. The molecule has 0 bridgehead atoms. The van der Waals surface area contributed by atoms with E-state index in [1.807, 2.05) is 0 Å². The van der Waals surface area contributed by atoms with Crippen molar-refractivity contribution >= 4 is 21.9 Å². The molecule has 0 unspecified atom stereocenters. The van der Waals surface area contributed by atoms with Gasteiger partial charge in [0.15, 0.2) is 0 Å². The fourth-order valence-corrected chi connectivity index (χ4v) is 2.30. The van der Waals surface area contributed by atoms with Gasteiger partial charge in [0.05, 0.1) is 5.02 Å². The quantitative estimate of drug-likeness (QED) is 0.739. The predicted molar refractivity (Wildman–Crippen MR) is 71.7 cm³/mol. The highest BCUT2D eigenvalue weighted by atomic mass is 35.5. The maximum Gasteiger partial charge on any atom is 0.335 e. The van der Waals surface area contributed by atoms with Gasteiger partial charge in [-0.3, -0.25) is 4.55 Å². The average molecular weight is 310 g/mol. The number of hydrogen-bond donors (Lipinski definition) is 2. The number of rotatable bonds is 7. The second-order valence-corrected chi connectivity index (χ2v) is 5.64. The van der Waals surface area contributed by atoms with Gasteiger partial charge in [-0.15, -0.1) is 0 Å². The van der Waals surface area contributed by atoms with E-state index < -0.39 is 16.4 Å². The summed E-state index contributed by atoms with van der Waals surface area (Å²) >= 11 is 5.86. The highest BCUT2D eigenvalue weighted by molar-refractivity contribution is 7.83. The molecule has 2 N–H and O–H groups in total. The van der Waals surface area contributed by atoms with Gasteiger partial charge in [-0.25, -0.2) is 0 Å². The average Bonchev–Trinajstić information content (AvgIpc) is 2.33. The number of para-hydroxylation sites is 1. The highest BCUT2D eigenvalue weighted by Crippen LogP contribution is 2.23. The number of benzene rings is 1. The molecule has 1 rings (SSSR count). The van der Waals surface area contributed by atoms with Crippen LogP contribution in [-0.4, -0.2) is 48.2 Å². The van der Waals surface area contributed by atoms with Crippen molar-refractivity contribution in [3.05, 3.63) is 29.3 Å². The van der Waals surface area contributed by atoms with Crippen LogP contribution >= 0.6 is 11.6 Å². The summed E-state index contributed by atoms with van der Waals surface area (Å²) in [5, 5.41) is 10.1. The summed E-state index contributed by atoms with van der Waals surface area (Å²) < 4.78 is 36.8. The predicted octanol–water partition coefficient (Wildman–Crippen LogP) is 1.20. The zero-order valence-corrected chi connectivity index (χ0v) is 11.9. The van der Waals surface area contributed by atoms with Crippen LogP contribution in [0, 0.1) is 0 Å². The van der Waals surface area contributed by atoms with Gasteiger partial charge >= 0.3 is 10.3 Å². The first kappa shape index (κ1) is 16.2. The Morgan fingerprint density at radius 2 is 2.05 bits per heavy atom. The lowest BCUT2D eigenvalue weighted by atomic mass is 10.3. The van der Waals surface area contributed by atoms with Crippen molar-refractivity contribution in [3.63, 3.8) is 0 Å². The van der Waals surface area contributed by atoms with Gasteiger partial charge in [-0.05, 0) is 12.1 Å². The largest absolute Gasteiger partial charge is 0.489 e. The minimum absolute atomic E-state index is 0.0575. The molecular weight excluding hydrogens is 294 g/mol. The number of ether oxygens (including phenoxy) is 1. The standard InChI is InChI=1S/C11H16ClNO5S/c1-2-13(19(15,16)17)7-9(14)8-18-11-6-4-3-5-10(11)12/h3-6,9,14H,2,7-8H2,1H3,(H,15,16,17)/t9-/m0/s1. The van der Waals surface area contributed by atoms with Crippen LogP contribution in [0.4, 0.5) is 0 Å². The first-order valence-corrected chi connectivity index (χ1v) is 7.40. The molecule has 0 heterocycles. The maximum absolute atomic E-state index is 10.9. The van der Waals surface area contributed by atoms with E-state index in [2.05, 4.69) is 0 Å². The fourth-order valence-electron chi connectivity index (χ4n) is 1.42. The molecule has 19 heavy (non-hydrogen) atoms. The molecular formula is C11H16ClNO5S. The van der Waals surface area contributed by atoms with Crippen molar-refractivity contribution in [1.82, 2.24) is 4.31 Å². The van der Waals surface area contributed by atoms with Crippen LogP contribution in [-0.2, 0) is 10.3 Å². The third-order valence-corrected chi connectivity index (χ3v) is 3.73. The minimum atomic E-state index is -4.31. The Kier molecular flexibility index (Phi) is 6.02. The zero-order chi connectivity index (χ0) is 14.5. The molecule has 108 valence electrons. The van der Waals surface area contributed by atoms with Crippen molar-refractivity contribution in [2.45, 2.75) is 13.0 Å². The van der Waals surface area contributed by atoms with E-state index in [4.69, 9.17) is 20.9 Å². The number of halogens is 1. The van der Waals surface area contributed by atoms with Crippen LogP contribution in [0.3, 0.4) is 0 Å². The van der Waals surface area contributed by atoms with Crippen LogP contribution in [0.15, 0.2) is 24.3 Å². The van der Waals surface area contributed by atoms with Crippen LogP contribution in [0.1, 0.15) is 6.92 Å². The van der Waals surface area contributed by atoms with Crippen LogP contribution < -0.4 is 4.74 Å². The third kappa shape index (κ3) is 5.33. The molecule has 1 aromatic rings. The molecule has 1 aromatic carbocycles. The number of likely N-dealkylation sites (N-methyl/N-ethyl adjacent to an activating group) is 1. The molecule has 0 saturated carbocycles. The van der Waals surface area contributed by atoms with Gasteiger partial charge in [-0.2, -0.15) is 12.7 Å². The molecule has 0 saturated heterocycles. The Morgan fingerprint density at radius 1 is 1.42 bits per heavy atom. The van der Waals surface area contributed by atoms with E-state index >= 15 is 0 Å². The number of hydrogen-bond acceptors (Lipinski definition) is 4. The molecule has 0 amide bonds. The highest BCUT2D eigenvalue weighted by Gasteiger charge is 2.20. The number of nitrogens with zero attached hydrogens (tertiary/aromatic N) is 1. The molecule has 1 atom stereocenters. The molecule has 6 nitrogen and oxygen atoms in total. The van der Waals surface area contributed by atoms with Crippen molar-refractivity contribution in [1.29, 1.82) is 0 Å². The normalized spacial score (nSPS) is 13.5. The van der Waals surface area contributed by atoms with E-state index in [0.29, 0.717) is 10.8 Å². The van der Waals surface area contributed by atoms with Gasteiger partial charge in [0.1, 0.15) is 18.5 Å². The number of aliphatic hydroxyl groups excluding tert-OH is 1. The lowest BCUT2D eigenvalue weighted by Gasteiger charge is -2.20. The summed E-state index contributed by atoms with van der Waals surface area (Å²) in [6.45, 7) is 1.23. The van der Waals surface area contributed by atoms with Crippen molar-refractivity contribution in [3.8, 4) is 5.75 Å². The fraction of sp³-hybridized carbons (Fsp3) is 0.455. The Labute approximate surface area is 117 Å². The Hall–Kier alpha value is -0.860. The first-order valence-electron chi connectivity index (χ1n) is 5.62.